The molecule has 0 aromatic carbocycles. The second-order valence-electron chi connectivity index (χ2n) is 9.52. The van der Waals surface area contributed by atoms with E-state index < -0.39 is 11.8 Å². The quantitative estimate of drug-likeness (QED) is 0.114. The highest BCUT2D eigenvalue weighted by atomic mass is 16.5. The lowest BCUT2D eigenvalue weighted by Gasteiger charge is -2.26. The summed E-state index contributed by atoms with van der Waals surface area (Å²) in [7, 11) is 0. The molecule has 2 unspecified atom stereocenters. The summed E-state index contributed by atoms with van der Waals surface area (Å²) in [4.78, 5) is 25.2. The van der Waals surface area contributed by atoms with Crippen LogP contribution in [0, 0.1) is 17.8 Å². The predicted octanol–water partition coefficient (Wildman–Crippen LogP) is 7.79. The summed E-state index contributed by atoms with van der Waals surface area (Å²) in [5, 5.41) is 0. The van der Waals surface area contributed by atoms with Crippen molar-refractivity contribution < 1.29 is 19.1 Å². The fourth-order valence-corrected chi connectivity index (χ4v) is 4.39. The van der Waals surface area contributed by atoms with Crippen LogP contribution >= 0.6 is 0 Å². The first-order chi connectivity index (χ1) is 15.6. The first kappa shape index (κ1) is 28.7. The van der Waals surface area contributed by atoms with Crippen LogP contribution in [-0.4, -0.2) is 25.2 Å². The second-order valence-corrected chi connectivity index (χ2v) is 9.52. The molecule has 1 aliphatic carbocycles. The van der Waals surface area contributed by atoms with Crippen LogP contribution in [0.2, 0.25) is 0 Å². The molecular formula is C28H50O4. The van der Waals surface area contributed by atoms with Gasteiger partial charge in [-0.25, -0.2) is 0 Å². The van der Waals surface area contributed by atoms with Gasteiger partial charge in [-0.1, -0.05) is 116 Å². The Hall–Kier alpha value is -1.32. The zero-order chi connectivity index (χ0) is 23.4. The van der Waals surface area contributed by atoms with Gasteiger partial charge in [0.15, 0.2) is 0 Å². The number of carbonyl (C=O) groups is 2. The number of hydrogen-bond acceptors (Lipinski definition) is 4. The Bertz CT molecular complexity index is 510. The Morgan fingerprint density at radius 3 is 1.59 bits per heavy atom. The molecule has 0 radical (unpaired) electrons. The van der Waals surface area contributed by atoms with Crippen LogP contribution in [0.15, 0.2) is 12.2 Å². The summed E-state index contributed by atoms with van der Waals surface area (Å²) < 4.78 is 11.1. The Kier molecular flexibility index (Phi) is 17.2. The minimum Gasteiger partial charge on any atom is -0.465 e. The van der Waals surface area contributed by atoms with Crippen LogP contribution in [0.5, 0.6) is 0 Å². The van der Waals surface area contributed by atoms with Crippen LogP contribution in [0.4, 0.5) is 0 Å². The third-order valence-corrected chi connectivity index (χ3v) is 6.90. The van der Waals surface area contributed by atoms with Crippen molar-refractivity contribution in [3.05, 3.63) is 12.2 Å². The van der Waals surface area contributed by atoms with Gasteiger partial charge in [-0.3, -0.25) is 9.59 Å². The Labute approximate surface area is 197 Å². The van der Waals surface area contributed by atoms with E-state index >= 15 is 0 Å². The van der Waals surface area contributed by atoms with E-state index in [1.54, 1.807) is 0 Å². The van der Waals surface area contributed by atoms with Gasteiger partial charge in [0.1, 0.15) is 0 Å². The molecule has 32 heavy (non-hydrogen) atoms. The van der Waals surface area contributed by atoms with Gasteiger partial charge in [0.25, 0.3) is 0 Å². The van der Waals surface area contributed by atoms with Crippen molar-refractivity contribution in [1.29, 1.82) is 0 Å². The Morgan fingerprint density at radius 1 is 0.688 bits per heavy atom. The molecule has 0 amide bonds. The van der Waals surface area contributed by atoms with E-state index in [2.05, 4.69) is 20.8 Å². The molecule has 0 spiro atoms. The van der Waals surface area contributed by atoms with Crippen molar-refractivity contribution in [3.63, 3.8) is 0 Å². The number of rotatable bonds is 19. The second kappa shape index (κ2) is 19.2. The van der Waals surface area contributed by atoms with Crippen molar-refractivity contribution in [2.75, 3.05) is 13.2 Å². The van der Waals surface area contributed by atoms with Gasteiger partial charge in [-0.2, -0.15) is 0 Å². The molecule has 0 aromatic heterocycles. The lowest BCUT2D eigenvalue weighted by atomic mass is 9.83. The highest BCUT2D eigenvalue weighted by molar-refractivity contribution is 5.82. The van der Waals surface area contributed by atoms with Gasteiger partial charge in [-0.15, -0.1) is 0 Å². The third-order valence-electron chi connectivity index (χ3n) is 6.90. The fourth-order valence-electron chi connectivity index (χ4n) is 4.39. The SMILES string of the molecule is CCCCCCCCCCCCCCOC(=O)C1CC=CCC1C(=O)OCC(CC)CC. The first-order valence-corrected chi connectivity index (χ1v) is 13.6. The molecule has 4 heteroatoms. The van der Waals surface area contributed by atoms with E-state index in [0.29, 0.717) is 32.0 Å². The molecule has 0 N–H and O–H groups in total. The number of ether oxygens (including phenoxy) is 2. The van der Waals surface area contributed by atoms with E-state index in [1.165, 1.54) is 64.2 Å². The molecule has 0 fully saturated rings. The number of carbonyl (C=O) groups excluding carboxylic acids is 2. The standard InChI is InChI=1S/C28H50O4/c1-4-7-8-9-10-11-12-13-14-15-16-19-22-31-27(29)25-20-17-18-21-26(25)28(30)32-23-24(5-2)6-3/h17-18,24-26H,4-16,19-23H2,1-3H3. The monoisotopic (exact) mass is 450 g/mol. The van der Waals surface area contributed by atoms with Gasteiger partial charge in [0.05, 0.1) is 25.0 Å². The molecule has 2 atom stereocenters. The van der Waals surface area contributed by atoms with Crippen molar-refractivity contribution >= 4 is 11.9 Å². The molecule has 0 aromatic rings. The van der Waals surface area contributed by atoms with Gasteiger partial charge in [0.2, 0.25) is 0 Å². The number of hydrogen-bond donors (Lipinski definition) is 0. The summed E-state index contributed by atoms with van der Waals surface area (Å²) in [6, 6.07) is 0. The number of esters is 2. The van der Waals surface area contributed by atoms with Crippen molar-refractivity contribution in [2.45, 2.75) is 124 Å². The summed E-state index contributed by atoms with van der Waals surface area (Å²) in [5.41, 5.74) is 0. The molecular weight excluding hydrogens is 400 g/mol. The maximum absolute atomic E-state index is 12.6. The molecule has 0 aliphatic heterocycles. The maximum Gasteiger partial charge on any atom is 0.310 e. The van der Waals surface area contributed by atoms with Crippen molar-refractivity contribution in [3.8, 4) is 0 Å². The highest BCUT2D eigenvalue weighted by Gasteiger charge is 2.36. The lowest BCUT2D eigenvalue weighted by molar-refractivity contribution is -0.161. The van der Waals surface area contributed by atoms with Gasteiger partial charge in [-0.05, 0) is 25.2 Å². The molecule has 0 bridgehead atoms. The van der Waals surface area contributed by atoms with E-state index in [0.717, 1.165) is 25.7 Å². The topological polar surface area (TPSA) is 52.6 Å². The van der Waals surface area contributed by atoms with Crippen LogP contribution < -0.4 is 0 Å². The number of allylic oxidation sites excluding steroid dienone is 2. The molecule has 186 valence electrons. The van der Waals surface area contributed by atoms with Crippen LogP contribution in [0.3, 0.4) is 0 Å². The molecule has 0 saturated carbocycles. The van der Waals surface area contributed by atoms with Crippen molar-refractivity contribution in [1.82, 2.24) is 0 Å². The minimum atomic E-state index is -0.399. The zero-order valence-electron chi connectivity index (χ0n) is 21.2. The van der Waals surface area contributed by atoms with Gasteiger partial charge in [0, 0.05) is 0 Å². The largest absolute Gasteiger partial charge is 0.465 e. The summed E-state index contributed by atoms with van der Waals surface area (Å²) in [5.74, 6) is -0.875. The van der Waals surface area contributed by atoms with Gasteiger partial charge >= 0.3 is 11.9 Å². The van der Waals surface area contributed by atoms with Crippen LogP contribution in [-0.2, 0) is 19.1 Å². The normalized spacial score (nSPS) is 18.1. The zero-order valence-corrected chi connectivity index (χ0v) is 21.2. The summed E-state index contributed by atoms with van der Waals surface area (Å²) >= 11 is 0. The molecule has 0 heterocycles. The fraction of sp³-hybridized carbons (Fsp3) is 0.857. The number of unbranched alkanes of at least 4 members (excludes halogenated alkanes) is 11. The molecule has 0 saturated heterocycles. The van der Waals surface area contributed by atoms with Crippen LogP contribution in [0.1, 0.15) is 124 Å². The Balaban J connectivity index is 2.14. The molecule has 4 nitrogen and oxygen atoms in total. The summed E-state index contributed by atoms with van der Waals surface area (Å²) in [6.07, 6.45) is 22.5. The average Bonchev–Trinajstić information content (AvgIpc) is 2.82. The van der Waals surface area contributed by atoms with E-state index in [1.807, 2.05) is 12.2 Å². The van der Waals surface area contributed by atoms with Crippen LogP contribution in [0.25, 0.3) is 0 Å². The minimum absolute atomic E-state index is 0.234. The maximum atomic E-state index is 12.6. The highest BCUT2D eigenvalue weighted by Crippen LogP contribution is 2.28. The third kappa shape index (κ3) is 12.6. The summed E-state index contributed by atoms with van der Waals surface area (Å²) in [6.45, 7) is 7.40. The first-order valence-electron chi connectivity index (χ1n) is 13.6. The van der Waals surface area contributed by atoms with Gasteiger partial charge < -0.3 is 9.47 Å². The lowest BCUT2D eigenvalue weighted by Crippen LogP contribution is -2.34. The predicted molar refractivity (Wildman–Crippen MR) is 132 cm³/mol. The average molecular weight is 451 g/mol. The van der Waals surface area contributed by atoms with E-state index in [-0.39, 0.29) is 11.9 Å². The smallest absolute Gasteiger partial charge is 0.310 e. The molecule has 1 aliphatic rings. The Morgan fingerprint density at radius 2 is 1.12 bits per heavy atom. The van der Waals surface area contributed by atoms with E-state index in [4.69, 9.17) is 9.47 Å². The van der Waals surface area contributed by atoms with Crippen molar-refractivity contribution in [2.24, 2.45) is 17.8 Å². The molecule has 1 rings (SSSR count). The van der Waals surface area contributed by atoms with E-state index in [9.17, 15) is 9.59 Å².